The van der Waals surface area contributed by atoms with Crippen LogP contribution in [0.25, 0.3) is 11.2 Å². The quantitative estimate of drug-likeness (QED) is 0.621. The van der Waals surface area contributed by atoms with Crippen molar-refractivity contribution in [1.29, 1.82) is 0 Å². The molecule has 0 aromatic carbocycles. The molecule has 2 aromatic heterocycles. The minimum atomic E-state index is -0.395. The Labute approximate surface area is 76.1 Å². The molecule has 0 bridgehead atoms. The Bertz CT molecular complexity index is 538. The predicted octanol–water partition coefficient (Wildman–Crippen LogP) is 0.784. The minimum absolute atomic E-state index is 0.140. The Kier molecular flexibility index (Phi) is 1.52. The monoisotopic (exact) mass is 202 g/mol. The molecule has 0 aliphatic carbocycles. The standard InChI is InChI=1S/C5H3ClN4OS/c6-10-4(11)2-3(8-1-7-2)9-5(10)12/h1H,(H,7,8)(H,9,12). The lowest BCUT2D eigenvalue weighted by molar-refractivity contribution is 1.04. The third-order valence-electron chi connectivity index (χ3n) is 1.44. The van der Waals surface area contributed by atoms with Crippen LogP contribution in [0.4, 0.5) is 0 Å². The summed E-state index contributed by atoms with van der Waals surface area (Å²) in [7, 11) is 0. The molecular formula is C5H3ClN4OS. The van der Waals surface area contributed by atoms with Gasteiger partial charge in [0.15, 0.2) is 15.9 Å². The molecule has 0 aliphatic heterocycles. The van der Waals surface area contributed by atoms with E-state index in [1.807, 2.05) is 0 Å². The van der Waals surface area contributed by atoms with Crippen molar-refractivity contribution in [2.24, 2.45) is 0 Å². The Morgan fingerprint density at radius 1 is 1.67 bits per heavy atom. The van der Waals surface area contributed by atoms with Gasteiger partial charge in [-0.05, 0) is 12.2 Å². The molecule has 2 heterocycles. The molecular weight excluding hydrogens is 200 g/mol. The summed E-state index contributed by atoms with van der Waals surface area (Å²) >= 11 is 10.3. The number of fused-ring (bicyclic) bond motifs is 1. The van der Waals surface area contributed by atoms with E-state index >= 15 is 0 Å². The SMILES string of the molecule is O=c1c2[nH]cnc2[nH]c(=S)n1Cl. The maximum absolute atomic E-state index is 11.3. The van der Waals surface area contributed by atoms with Crippen LogP contribution in [-0.4, -0.2) is 19.0 Å². The van der Waals surface area contributed by atoms with Crippen molar-refractivity contribution >= 4 is 35.2 Å². The van der Waals surface area contributed by atoms with Crippen molar-refractivity contribution in [3.8, 4) is 0 Å². The number of halogens is 1. The number of nitrogens with one attached hydrogen (secondary N) is 2. The highest BCUT2D eigenvalue weighted by Crippen LogP contribution is 1.99. The summed E-state index contributed by atoms with van der Waals surface area (Å²) in [4.78, 5) is 20.4. The molecule has 0 fully saturated rings. The molecule has 0 saturated heterocycles. The van der Waals surface area contributed by atoms with Gasteiger partial charge in [0.05, 0.1) is 6.33 Å². The molecule has 62 valence electrons. The molecule has 7 heteroatoms. The molecule has 0 unspecified atom stereocenters. The summed E-state index contributed by atoms with van der Waals surface area (Å²) in [6.45, 7) is 0. The summed E-state index contributed by atoms with van der Waals surface area (Å²) in [5, 5.41) is 0. The Hall–Kier alpha value is -1.14. The molecule has 0 saturated carbocycles. The zero-order chi connectivity index (χ0) is 8.72. The Morgan fingerprint density at radius 2 is 2.42 bits per heavy atom. The molecule has 0 radical (unpaired) electrons. The van der Waals surface area contributed by atoms with Crippen LogP contribution in [-0.2, 0) is 0 Å². The maximum Gasteiger partial charge on any atom is 0.295 e. The van der Waals surface area contributed by atoms with E-state index in [9.17, 15) is 4.79 Å². The molecule has 0 atom stereocenters. The van der Waals surface area contributed by atoms with Crippen molar-refractivity contribution in [3.63, 3.8) is 0 Å². The van der Waals surface area contributed by atoms with E-state index in [0.717, 1.165) is 4.09 Å². The number of imidazole rings is 1. The lowest BCUT2D eigenvalue weighted by Gasteiger charge is -1.92. The molecule has 2 aromatic rings. The average Bonchev–Trinajstić information content (AvgIpc) is 2.48. The van der Waals surface area contributed by atoms with Crippen LogP contribution >= 0.6 is 24.0 Å². The number of hydrogen-bond donors (Lipinski definition) is 2. The number of aromatic amines is 2. The van der Waals surface area contributed by atoms with Crippen LogP contribution in [0.15, 0.2) is 11.1 Å². The van der Waals surface area contributed by atoms with Gasteiger partial charge in [-0.1, -0.05) is 0 Å². The van der Waals surface area contributed by atoms with Crippen LogP contribution < -0.4 is 5.56 Å². The third-order valence-corrected chi connectivity index (χ3v) is 2.14. The van der Waals surface area contributed by atoms with Crippen LogP contribution in [0, 0.1) is 4.77 Å². The van der Waals surface area contributed by atoms with Gasteiger partial charge in [0.1, 0.15) is 0 Å². The van der Waals surface area contributed by atoms with E-state index in [-0.39, 0.29) is 4.77 Å². The van der Waals surface area contributed by atoms with Gasteiger partial charge >= 0.3 is 0 Å². The van der Waals surface area contributed by atoms with Gasteiger partial charge in [-0.25, -0.2) is 4.98 Å². The van der Waals surface area contributed by atoms with E-state index in [1.54, 1.807) is 0 Å². The van der Waals surface area contributed by atoms with Gasteiger partial charge in [0, 0.05) is 11.8 Å². The van der Waals surface area contributed by atoms with Crippen molar-refractivity contribution in [1.82, 2.24) is 19.0 Å². The van der Waals surface area contributed by atoms with Gasteiger partial charge in [0.2, 0.25) is 0 Å². The number of aromatic nitrogens is 4. The number of H-pyrrole nitrogens is 2. The number of rotatable bonds is 0. The van der Waals surface area contributed by atoms with Gasteiger partial charge in [-0.15, -0.1) is 0 Å². The summed E-state index contributed by atoms with van der Waals surface area (Å²) in [6, 6.07) is 0. The van der Waals surface area contributed by atoms with Crippen LogP contribution in [0.2, 0.25) is 0 Å². The van der Waals surface area contributed by atoms with Crippen molar-refractivity contribution in [3.05, 3.63) is 21.5 Å². The topological polar surface area (TPSA) is 66.5 Å². The normalized spacial score (nSPS) is 10.8. The highest BCUT2D eigenvalue weighted by atomic mass is 35.5. The lowest BCUT2D eigenvalue weighted by atomic mass is 10.6. The second kappa shape index (κ2) is 2.43. The fraction of sp³-hybridized carbons (Fsp3) is 0. The van der Waals surface area contributed by atoms with Crippen LogP contribution in [0.1, 0.15) is 0 Å². The minimum Gasteiger partial charge on any atom is -0.339 e. The number of hydrogen-bond acceptors (Lipinski definition) is 3. The van der Waals surface area contributed by atoms with Gasteiger partial charge in [0.25, 0.3) is 5.56 Å². The second-order valence-electron chi connectivity index (χ2n) is 2.14. The maximum atomic E-state index is 11.3. The largest absolute Gasteiger partial charge is 0.339 e. The van der Waals surface area contributed by atoms with Crippen LogP contribution in [0.5, 0.6) is 0 Å². The first-order valence-electron chi connectivity index (χ1n) is 3.04. The van der Waals surface area contributed by atoms with E-state index < -0.39 is 5.56 Å². The summed E-state index contributed by atoms with van der Waals surface area (Å²) in [5.41, 5.74) is 0.341. The predicted molar refractivity (Wildman–Crippen MR) is 46.8 cm³/mol. The van der Waals surface area contributed by atoms with Crippen molar-refractivity contribution in [2.75, 3.05) is 0 Å². The first-order valence-corrected chi connectivity index (χ1v) is 3.79. The molecule has 0 aliphatic rings. The van der Waals surface area contributed by atoms with E-state index in [0.29, 0.717) is 11.2 Å². The van der Waals surface area contributed by atoms with Crippen molar-refractivity contribution in [2.45, 2.75) is 0 Å². The molecule has 2 N–H and O–H groups in total. The highest BCUT2D eigenvalue weighted by molar-refractivity contribution is 7.71. The molecule has 0 spiro atoms. The fourth-order valence-corrected chi connectivity index (χ4v) is 1.20. The van der Waals surface area contributed by atoms with Gasteiger partial charge in [-0.2, -0.15) is 4.09 Å². The zero-order valence-electron chi connectivity index (χ0n) is 5.67. The van der Waals surface area contributed by atoms with E-state index in [1.165, 1.54) is 6.33 Å². The Morgan fingerprint density at radius 3 is 3.17 bits per heavy atom. The average molecular weight is 203 g/mol. The third kappa shape index (κ3) is 0.886. The van der Waals surface area contributed by atoms with E-state index in [2.05, 4.69) is 15.0 Å². The smallest absolute Gasteiger partial charge is 0.295 e. The van der Waals surface area contributed by atoms with Crippen molar-refractivity contribution < 1.29 is 0 Å². The second-order valence-corrected chi connectivity index (χ2v) is 2.87. The van der Waals surface area contributed by atoms with Crippen LogP contribution in [0.3, 0.4) is 0 Å². The zero-order valence-corrected chi connectivity index (χ0v) is 7.24. The fourth-order valence-electron chi connectivity index (χ4n) is 0.893. The first-order chi connectivity index (χ1) is 5.70. The van der Waals surface area contributed by atoms with Gasteiger partial charge < -0.3 is 9.97 Å². The lowest BCUT2D eigenvalue weighted by Crippen LogP contribution is -2.14. The van der Waals surface area contributed by atoms with Gasteiger partial charge in [-0.3, -0.25) is 4.79 Å². The summed E-state index contributed by atoms with van der Waals surface area (Å²) in [6.07, 6.45) is 1.40. The van der Waals surface area contributed by atoms with E-state index in [4.69, 9.17) is 24.0 Å². The molecule has 0 amide bonds. The molecule has 12 heavy (non-hydrogen) atoms. The summed E-state index contributed by atoms with van der Waals surface area (Å²) < 4.78 is 0.969. The summed E-state index contributed by atoms with van der Waals surface area (Å²) in [5.74, 6) is 0. The number of nitrogens with zero attached hydrogens (tertiary/aromatic N) is 2. The Balaban J connectivity index is 3.16. The molecule has 2 rings (SSSR count). The molecule has 5 nitrogen and oxygen atoms in total. The highest BCUT2D eigenvalue weighted by Gasteiger charge is 2.04. The first kappa shape index (κ1) is 7.51.